The molecule has 1 aromatic carbocycles. The topological polar surface area (TPSA) is 87.9 Å². The number of hydrogen-bond donors (Lipinski definition) is 1. The summed E-state index contributed by atoms with van der Waals surface area (Å²) in [5, 5.41) is 6.74. The second kappa shape index (κ2) is 7.07. The highest BCUT2D eigenvalue weighted by Crippen LogP contribution is 2.34. The van der Waals surface area contributed by atoms with E-state index >= 15 is 0 Å². The molecule has 0 atom stereocenters. The van der Waals surface area contributed by atoms with Crippen LogP contribution in [-0.2, 0) is 11.3 Å². The first-order valence-corrected chi connectivity index (χ1v) is 8.41. The van der Waals surface area contributed by atoms with Crippen LogP contribution >= 0.6 is 0 Å². The van der Waals surface area contributed by atoms with Crippen molar-refractivity contribution < 1.29 is 18.8 Å². The van der Waals surface area contributed by atoms with Crippen LogP contribution in [0.5, 0.6) is 5.75 Å². The van der Waals surface area contributed by atoms with Crippen LogP contribution in [0.2, 0.25) is 0 Å². The fourth-order valence-corrected chi connectivity index (χ4v) is 2.88. The Morgan fingerprint density at radius 3 is 2.81 bits per heavy atom. The van der Waals surface area contributed by atoms with E-state index < -0.39 is 0 Å². The van der Waals surface area contributed by atoms with Gasteiger partial charge in [0.15, 0.2) is 6.61 Å². The van der Waals surface area contributed by atoms with E-state index in [0.717, 1.165) is 11.3 Å². The van der Waals surface area contributed by atoms with Crippen LogP contribution in [0.4, 0.5) is 16.2 Å². The van der Waals surface area contributed by atoms with Crippen molar-refractivity contribution in [3.05, 3.63) is 35.2 Å². The summed E-state index contributed by atoms with van der Waals surface area (Å²) < 4.78 is 10.6. The average Bonchev–Trinajstić information content (AvgIpc) is 2.93. The number of carbonyl (C=O) groups is 2. The molecule has 0 fully saturated rings. The van der Waals surface area contributed by atoms with Crippen molar-refractivity contribution in [2.45, 2.75) is 27.3 Å². The minimum Gasteiger partial charge on any atom is -0.481 e. The second-order valence-corrected chi connectivity index (χ2v) is 6.20. The van der Waals surface area contributed by atoms with Gasteiger partial charge in [0, 0.05) is 30.9 Å². The van der Waals surface area contributed by atoms with E-state index in [2.05, 4.69) is 10.5 Å². The number of nitrogens with zero attached hydrogens (tertiary/aromatic N) is 3. The molecule has 1 N–H and O–H groups in total. The Morgan fingerprint density at radius 2 is 2.15 bits per heavy atom. The summed E-state index contributed by atoms with van der Waals surface area (Å²) in [5.74, 6) is 1.21. The van der Waals surface area contributed by atoms with E-state index in [9.17, 15) is 9.59 Å². The third-order valence-corrected chi connectivity index (χ3v) is 4.39. The van der Waals surface area contributed by atoms with Crippen LogP contribution in [0.3, 0.4) is 0 Å². The molecule has 2 heterocycles. The van der Waals surface area contributed by atoms with E-state index in [-0.39, 0.29) is 18.5 Å². The molecule has 0 saturated heterocycles. The molecule has 138 valence electrons. The first-order chi connectivity index (χ1) is 12.4. The molecule has 0 aliphatic carbocycles. The molecule has 0 bridgehead atoms. The van der Waals surface area contributed by atoms with Crippen molar-refractivity contribution in [2.24, 2.45) is 0 Å². The number of benzene rings is 1. The van der Waals surface area contributed by atoms with Gasteiger partial charge in [0.2, 0.25) is 0 Å². The van der Waals surface area contributed by atoms with E-state index in [1.54, 1.807) is 35.0 Å². The van der Waals surface area contributed by atoms with Crippen molar-refractivity contribution in [1.82, 2.24) is 10.1 Å². The quantitative estimate of drug-likeness (QED) is 0.908. The molecule has 8 heteroatoms. The van der Waals surface area contributed by atoms with Crippen molar-refractivity contribution in [2.75, 3.05) is 30.4 Å². The molecule has 2 aromatic rings. The van der Waals surface area contributed by atoms with Gasteiger partial charge >= 0.3 is 6.03 Å². The summed E-state index contributed by atoms with van der Waals surface area (Å²) in [6.07, 6.45) is 0. The number of rotatable bonds is 4. The Kier molecular flexibility index (Phi) is 4.83. The van der Waals surface area contributed by atoms with Crippen molar-refractivity contribution in [3.8, 4) is 5.75 Å². The van der Waals surface area contributed by atoms with Crippen LogP contribution in [0.25, 0.3) is 0 Å². The number of aromatic nitrogens is 1. The molecular formula is C18H22N4O4. The van der Waals surface area contributed by atoms with E-state index in [0.29, 0.717) is 36.0 Å². The van der Waals surface area contributed by atoms with Gasteiger partial charge in [0.25, 0.3) is 5.91 Å². The van der Waals surface area contributed by atoms with Gasteiger partial charge in [-0.15, -0.1) is 0 Å². The lowest BCUT2D eigenvalue weighted by Crippen LogP contribution is -2.38. The van der Waals surface area contributed by atoms with Gasteiger partial charge in [0.05, 0.1) is 17.9 Å². The van der Waals surface area contributed by atoms with Crippen molar-refractivity contribution in [3.63, 3.8) is 0 Å². The molecule has 1 aliphatic heterocycles. The lowest BCUT2D eigenvalue weighted by molar-refractivity contribution is -0.121. The normalized spacial score (nSPS) is 13.2. The minimum atomic E-state index is -0.260. The molecule has 3 rings (SSSR count). The molecule has 0 radical (unpaired) electrons. The van der Waals surface area contributed by atoms with Crippen LogP contribution in [0.1, 0.15) is 23.9 Å². The number of fused-ring (bicyclic) bond motifs is 1. The first kappa shape index (κ1) is 17.8. The fourth-order valence-electron chi connectivity index (χ4n) is 2.88. The zero-order valence-corrected chi connectivity index (χ0v) is 15.3. The lowest BCUT2D eigenvalue weighted by Gasteiger charge is -2.28. The standard InChI is InChI=1S/C18H22N4O4/c1-5-22-15-7-6-13(8-16(15)25-10-17(22)23)19-18(24)21(4)9-14-11(2)20-26-12(14)3/h6-8H,5,9-10H2,1-4H3,(H,19,24). The molecule has 1 aliphatic rings. The van der Waals surface area contributed by atoms with Gasteiger partial charge in [0.1, 0.15) is 11.5 Å². The number of nitrogens with one attached hydrogen (secondary N) is 1. The number of hydrogen-bond acceptors (Lipinski definition) is 5. The molecule has 0 spiro atoms. The van der Waals surface area contributed by atoms with Gasteiger partial charge in [-0.25, -0.2) is 4.79 Å². The summed E-state index contributed by atoms with van der Waals surface area (Å²) in [6.45, 7) is 6.55. The second-order valence-electron chi connectivity index (χ2n) is 6.20. The maximum Gasteiger partial charge on any atom is 0.321 e. The van der Waals surface area contributed by atoms with Crippen LogP contribution in [-0.4, -0.2) is 42.2 Å². The van der Waals surface area contributed by atoms with Gasteiger partial charge in [-0.2, -0.15) is 0 Å². The predicted octanol–water partition coefficient (Wildman–Crippen LogP) is 2.70. The third kappa shape index (κ3) is 3.35. The molecule has 8 nitrogen and oxygen atoms in total. The maximum atomic E-state index is 12.5. The van der Waals surface area contributed by atoms with E-state index in [1.165, 1.54) is 0 Å². The number of likely N-dealkylation sites (N-methyl/N-ethyl adjacent to an activating group) is 1. The summed E-state index contributed by atoms with van der Waals surface area (Å²) in [4.78, 5) is 27.5. The molecule has 0 saturated carbocycles. The zero-order valence-electron chi connectivity index (χ0n) is 15.3. The number of ether oxygens (including phenoxy) is 1. The van der Waals surface area contributed by atoms with E-state index in [4.69, 9.17) is 9.26 Å². The summed E-state index contributed by atoms with van der Waals surface area (Å²) in [7, 11) is 1.70. The average molecular weight is 358 g/mol. The SMILES string of the molecule is CCN1C(=O)COc2cc(NC(=O)N(C)Cc3c(C)noc3C)ccc21. The lowest BCUT2D eigenvalue weighted by atomic mass is 10.2. The number of aryl methyl sites for hydroxylation is 2. The molecule has 26 heavy (non-hydrogen) atoms. The largest absolute Gasteiger partial charge is 0.481 e. The molecular weight excluding hydrogens is 336 g/mol. The minimum absolute atomic E-state index is 0.00415. The molecule has 1 aromatic heterocycles. The van der Waals surface area contributed by atoms with Gasteiger partial charge < -0.3 is 24.4 Å². The Hall–Kier alpha value is -3.03. The Morgan fingerprint density at radius 1 is 1.38 bits per heavy atom. The van der Waals surface area contributed by atoms with Crippen LogP contribution in [0.15, 0.2) is 22.7 Å². The zero-order chi connectivity index (χ0) is 18.8. The Balaban J connectivity index is 1.71. The van der Waals surface area contributed by atoms with Crippen LogP contribution in [0, 0.1) is 13.8 Å². The van der Waals surface area contributed by atoms with Crippen molar-refractivity contribution >= 4 is 23.3 Å². The molecule has 0 unspecified atom stereocenters. The monoisotopic (exact) mass is 358 g/mol. The number of carbonyl (C=O) groups excluding carboxylic acids is 2. The maximum absolute atomic E-state index is 12.5. The van der Waals surface area contributed by atoms with Gasteiger partial charge in [-0.1, -0.05) is 5.16 Å². The summed E-state index contributed by atoms with van der Waals surface area (Å²) >= 11 is 0. The van der Waals surface area contributed by atoms with Crippen LogP contribution < -0.4 is 15.0 Å². The molecule has 3 amide bonds. The summed E-state index contributed by atoms with van der Waals surface area (Å²) in [5.41, 5.74) is 2.98. The smallest absolute Gasteiger partial charge is 0.321 e. The third-order valence-electron chi connectivity index (χ3n) is 4.39. The number of anilines is 2. The Labute approximate surface area is 151 Å². The highest BCUT2D eigenvalue weighted by Gasteiger charge is 2.24. The van der Waals surface area contributed by atoms with E-state index in [1.807, 2.05) is 20.8 Å². The Bertz CT molecular complexity index is 826. The van der Waals surface area contributed by atoms with Gasteiger partial charge in [-0.05, 0) is 32.9 Å². The summed E-state index contributed by atoms with van der Waals surface area (Å²) in [6, 6.07) is 5.00. The highest BCUT2D eigenvalue weighted by atomic mass is 16.5. The number of urea groups is 1. The fraction of sp³-hybridized carbons (Fsp3) is 0.389. The predicted molar refractivity (Wildman–Crippen MR) is 96.4 cm³/mol. The number of amides is 3. The van der Waals surface area contributed by atoms with Gasteiger partial charge in [-0.3, -0.25) is 4.79 Å². The first-order valence-electron chi connectivity index (χ1n) is 8.41. The van der Waals surface area contributed by atoms with Crippen molar-refractivity contribution in [1.29, 1.82) is 0 Å². The highest BCUT2D eigenvalue weighted by molar-refractivity contribution is 5.98.